The summed E-state index contributed by atoms with van der Waals surface area (Å²) in [6, 6.07) is 10.8. The second-order valence-corrected chi connectivity index (χ2v) is 4.70. The Morgan fingerprint density at radius 1 is 1.18 bits per heavy atom. The highest BCUT2D eigenvalue weighted by molar-refractivity contribution is 6.14. The Hall–Kier alpha value is -2.66. The molecule has 2 aromatic rings. The van der Waals surface area contributed by atoms with Crippen molar-refractivity contribution in [1.29, 1.82) is 0 Å². The number of methoxy groups -OCH3 is 1. The minimum absolute atomic E-state index is 0.103. The van der Waals surface area contributed by atoms with Gasteiger partial charge in [-0.05, 0) is 42.0 Å². The van der Waals surface area contributed by atoms with Gasteiger partial charge < -0.3 is 14.2 Å². The van der Waals surface area contributed by atoms with Crippen LogP contribution >= 0.6 is 0 Å². The maximum Gasteiger partial charge on any atom is 0.232 e. The van der Waals surface area contributed by atoms with Gasteiger partial charge in [-0.15, -0.1) is 0 Å². The monoisotopic (exact) mass is 300 g/mol. The van der Waals surface area contributed by atoms with Gasteiger partial charge in [-0.25, -0.2) is 4.39 Å². The lowest BCUT2D eigenvalue weighted by molar-refractivity contribution is 0.0510. The number of fused-ring (bicyclic) bond motifs is 1. The smallest absolute Gasteiger partial charge is 0.232 e. The molecule has 4 nitrogen and oxygen atoms in total. The summed E-state index contributed by atoms with van der Waals surface area (Å²) in [5, 5.41) is 0. The molecule has 0 spiro atoms. The first-order valence-corrected chi connectivity index (χ1v) is 6.63. The summed E-state index contributed by atoms with van der Waals surface area (Å²) in [5.41, 5.74) is 1.12. The van der Waals surface area contributed by atoms with E-state index in [2.05, 4.69) is 0 Å². The first-order chi connectivity index (χ1) is 10.7. The quantitative estimate of drug-likeness (QED) is 0.641. The Kier molecular flexibility index (Phi) is 3.89. The highest BCUT2D eigenvalue weighted by Crippen LogP contribution is 2.34. The number of hydrogen-bond acceptors (Lipinski definition) is 4. The Morgan fingerprint density at radius 2 is 1.95 bits per heavy atom. The van der Waals surface area contributed by atoms with E-state index >= 15 is 0 Å². The van der Waals surface area contributed by atoms with E-state index in [1.165, 1.54) is 19.2 Å². The summed E-state index contributed by atoms with van der Waals surface area (Å²) in [7, 11) is 1.52. The van der Waals surface area contributed by atoms with Crippen molar-refractivity contribution >= 4 is 11.9 Å². The molecular formula is C17H13FO4. The molecule has 0 aromatic heterocycles. The fraction of sp³-hybridized carbons (Fsp3) is 0.118. The molecule has 1 heterocycles. The highest BCUT2D eigenvalue weighted by Gasteiger charge is 2.27. The molecule has 0 atom stereocenters. The van der Waals surface area contributed by atoms with Gasteiger partial charge in [-0.3, -0.25) is 4.79 Å². The van der Waals surface area contributed by atoms with Crippen LogP contribution in [0.3, 0.4) is 0 Å². The molecule has 0 saturated carbocycles. The van der Waals surface area contributed by atoms with Gasteiger partial charge in [0.2, 0.25) is 5.78 Å². The van der Waals surface area contributed by atoms with Gasteiger partial charge in [-0.2, -0.15) is 0 Å². The Balaban J connectivity index is 1.86. The maximum absolute atomic E-state index is 12.9. The summed E-state index contributed by atoms with van der Waals surface area (Å²) in [6.45, 7) is 0.103. The minimum Gasteiger partial charge on any atom is -0.468 e. The number of ether oxygens (including phenoxy) is 3. The lowest BCUT2D eigenvalue weighted by atomic mass is 10.1. The summed E-state index contributed by atoms with van der Waals surface area (Å²) in [4.78, 5) is 12.3. The molecule has 0 saturated heterocycles. The summed E-state index contributed by atoms with van der Waals surface area (Å²) >= 11 is 0. The van der Waals surface area contributed by atoms with E-state index in [4.69, 9.17) is 14.2 Å². The zero-order valence-electron chi connectivity index (χ0n) is 11.8. The number of carbonyl (C=O) groups is 1. The summed E-state index contributed by atoms with van der Waals surface area (Å²) < 4.78 is 28.6. The molecule has 0 unspecified atom stereocenters. The lowest BCUT2D eigenvalue weighted by Gasteiger charge is -2.04. The van der Waals surface area contributed by atoms with Crippen LogP contribution in [-0.4, -0.2) is 19.7 Å². The van der Waals surface area contributed by atoms with Crippen molar-refractivity contribution in [3.05, 3.63) is 65.2 Å². The average molecular weight is 300 g/mol. The van der Waals surface area contributed by atoms with Gasteiger partial charge >= 0.3 is 0 Å². The van der Waals surface area contributed by atoms with Crippen molar-refractivity contribution < 1.29 is 23.4 Å². The van der Waals surface area contributed by atoms with Crippen LogP contribution in [0.1, 0.15) is 15.9 Å². The van der Waals surface area contributed by atoms with Crippen molar-refractivity contribution in [3.63, 3.8) is 0 Å². The van der Waals surface area contributed by atoms with E-state index in [0.29, 0.717) is 22.6 Å². The van der Waals surface area contributed by atoms with Gasteiger partial charge in [0.25, 0.3) is 0 Å². The fourth-order valence-electron chi connectivity index (χ4n) is 2.10. The lowest BCUT2D eigenvalue weighted by Crippen LogP contribution is -2.00. The molecular weight excluding hydrogens is 287 g/mol. The Bertz CT molecular complexity index is 735. The average Bonchev–Trinajstić information content (AvgIpc) is 2.84. The van der Waals surface area contributed by atoms with Crippen LogP contribution in [0, 0.1) is 5.82 Å². The molecule has 0 amide bonds. The summed E-state index contributed by atoms with van der Waals surface area (Å²) in [5.74, 6) is 0.639. The van der Waals surface area contributed by atoms with Crippen molar-refractivity contribution in [2.45, 2.75) is 0 Å². The third kappa shape index (κ3) is 2.84. The third-order valence-corrected chi connectivity index (χ3v) is 3.15. The van der Waals surface area contributed by atoms with Gasteiger partial charge in [0.1, 0.15) is 17.3 Å². The van der Waals surface area contributed by atoms with Crippen molar-refractivity contribution in [2.24, 2.45) is 0 Å². The zero-order chi connectivity index (χ0) is 15.5. The summed E-state index contributed by atoms with van der Waals surface area (Å²) in [6.07, 6.45) is 1.58. The molecule has 0 bridgehead atoms. The van der Waals surface area contributed by atoms with Crippen LogP contribution in [-0.2, 0) is 4.74 Å². The number of Topliss-reactive ketones (excluding diaryl/α,β-unsaturated/α-hetero) is 1. The second-order valence-electron chi connectivity index (χ2n) is 4.70. The van der Waals surface area contributed by atoms with E-state index in [0.717, 1.165) is 0 Å². The predicted octanol–water partition coefficient (Wildman–Crippen LogP) is 3.42. The molecule has 2 aromatic carbocycles. The van der Waals surface area contributed by atoms with Crippen LogP contribution in [0.2, 0.25) is 0 Å². The predicted molar refractivity (Wildman–Crippen MR) is 78.3 cm³/mol. The third-order valence-electron chi connectivity index (χ3n) is 3.15. The molecule has 0 fully saturated rings. The zero-order valence-corrected chi connectivity index (χ0v) is 11.8. The van der Waals surface area contributed by atoms with Gasteiger partial charge in [0, 0.05) is 7.11 Å². The standard InChI is InChI=1S/C17H13FO4/c1-20-10-21-13-6-7-15-14(9-13)17(19)16(22-15)8-11-2-4-12(18)5-3-11/h2-9H,10H2,1H3/b16-8-. The van der Waals surface area contributed by atoms with E-state index in [1.54, 1.807) is 36.4 Å². The number of allylic oxidation sites excluding steroid dienone is 1. The molecule has 0 radical (unpaired) electrons. The minimum atomic E-state index is -0.330. The second kappa shape index (κ2) is 5.99. The van der Waals surface area contributed by atoms with Crippen molar-refractivity contribution in [2.75, 3.05) is 13.9 Å². The van der Waals surface area contributed by atoms with Crippen LogP contribution in [0.5, 0.6) is 11.5 Å². The molecule has 0 N–H and O–H groups in total. The highest BCUT2D eigenvalue weighted by atomic mass is 19.1. The topological polar surface area (TPSA) is 44.8 Å². The molecule has 1 aliphatic heterocycles. The van der Waals surface area contributed by atoms with Gasteiger partial charge in [0.15, 0.2) is 12.6 Å². The number of halogens is 1. The Morgan fingerprint density at radius 3 is 2.68 bits per heavy atom. The number of hydrogen-bond donors (Lipinski definition) is 0. The van der Waals surface area contributed by atoms with Crippen LogP contribution in [0.25, 0.3) is 6.08 Å². The molecule has 5 heteroatoms. The fourth-order valence-corrected chi connectivity index (χ4v) is 2.10. The SMILES string of the molecule is COCOc1ccc2c(c1)C(=O)/C(=C/c1ccc(F)cc1)O2. The maximum atomic E-state index is 12.9. The molecule has 0 aliphatic carbocycles. The van der Waals surface area contributed by atoms with Gasteiger partial charge in [-0.1, -0.05) is 12.1 Å². The van der Waals surface area contributed by atoms with E-state index in [-0.39, 0.29) is 24.2 Å². The largest absolute Gasteiger partial charge is 0.468 e. The molecule has 3 rings (SSSR count). The van der Waals surface area contributed by atoms with Crippen LogP contribution in [0.15, 0.2) is 48.2 Å². The number of rotatable bonds is 4. The Labute approximate surface area is 126 Å². The first kappa shape index (κ1) is 14.3. The first-order valence-electron chi connectivity index (χ1n) is 6.63. The van der Waals surface area contributed by atoms with Crippen LogP contribution in [0.4, 0.5) is 4.39 Å². The number of ketones is 1. The molecule has 22 heavy (non-hydrogen) atoms. The van der Waals surface area contributed by atoms with E-state index in [1.807, 2.05) is 0 Å². The molecule has 112 valence electrons. The normalized spacial score (nSPS) is 14.8. The van der Waals surface area contributed by atoms with E-state index in [9.17, 15) is 9.18 Å². The number of carbonyl (C=O) groups excluding carboxylic acids is 1. The van der Waals surface area contributed by atoms with Crippen molar-refractivity contribution in [3.8, 4) is 11.5 Å². The van der Waals surface area contributed by atoms with Crippen LogP contribution < -0.4 is 9.47 Å². The number of benzene rings is 2. The van der Waals surface area contributed by atoms with Gasteiger partial charge in [0.05, 0.1) is 5.56 Å². The molecule has 1 aliphatic rings. The van der Waals surface area contributed by atoms with Crippen molar-refractivity contribution in [1.82, 2.24) is 0 Å². The van der Waals surface area contributed by atoms with E-state index < -0.39 is 0 Å².